The lowest BCUT2D eigenvalue weighted by atomic mass is 10.3. The van der Waals surface area contributed by atoms with Gasteiger partial charge in [-0.25, -0.2) is 4.68 Å². The highest BCUT2D eigenvalue weighted by molar-refractivity contribution is 6.31. The fourth-order valence-corrected chi connectivity index (χ4v) is 2.48. The Labute approximate surface area is 114 Å². The number of aromatic nitrogens is 5. The van der Waals surface area contributed by atoms with Gasteiger partial charge >= 0.3 is 0 Å². The normalized spacial score (nSPS) is 14.5. The second kappa shape index (κ2) is 4.65. The largest absolute Gasteiger partial charge is 0.342 e. The van der Waals surface area contributed by atoms with Crippen molar-refractivity contribution < 1.29 is 4.79 Å². The van der Waals surface area contributed by atoms with Crippen LogP contribution in [0.5, 0.6) is 0 Å². The van der Waals surface area contributed by atoms with E-state index in [1.165, 1.54) is 0 Å². The first-order chi connectivity index (χ1) is 9.20. The molecule has 100 valence electrons. The number of amides is 1. The lowest BCUT2D eigenvalue weighted by Gasteiger charge is -2.25. The summed E-state index contributed by atoms with van der Waals surface area (Å²) < 4.78 is 3.47. The van der Waals surface area contributed by atoms with Crippen LogP contribution in [0.2, 0.25) is 5.02 Å². The van der Waals surface area contributed by atoms with Crippen LogP contribution in [0, 0.1) is 0 Å². The molecule has 0 radical (unpaired) electrons. The monoisotopic (exact) mass is 280 g/mol. The van der Waals surface area contributed by atoms with E-state index in [-0.39, 0.29) is 5.91 Å². The Morgan fingerprint density at radius 2 is 2.32 bits per heavy atom. The van der Waals surface area contributed by atoms with Crippen molar-refractivity contribution in [1.29, 1.82) is 0 Å². The molecule has 7 nitrogen and oxygen atoms in total. The molecule has 2 aromatic heterocycles. The van der Waals surface area contributed by atoms with Gasteiger partial charge in [-0.1, -0.05) is 16.7 Å². The van der Waals surface area contributed by atoms with Crippen molar-refractivity contribution in [1.82, 2.24) is 24.8 Å². The van der Waals surface area contributed by atoms with Crippen molar-refractivity contribution in [3.63, 3.8) is 0 Å². The predicted octanol–water partition coefficient (Wildman–Crippen LogP) is 1.20. The van der Waals surface area contributed by atoms with Crippen molar-refractivity contribution in [3.05, 3.63) is 23.0 Å². The summed E-state index contributed by atoms with van der Waals surface area (Å²) in [5.74, 6) is 0.376. The molecule has 3 heterocycles. The Bertz CT molecular complexity index is 618. The Morgan fingerprint density at radius 1 is 1.47 bits per heavy atom. The van der Waals surface area contributed by atoms with Crippen molar-refractivity contribution in [2.75, 3.05) is 11.4 Å². The number of aryl methyl sites for hydroxylation is 2. The molecule has 1 aliphatic rings. The molecule has 0 N–H and O–H groups in total. The highest BCUT2D eigenvalue weighted by atomic mass is 35.5. The van der Waals surface area contributed by atoms with Crippen LogP contribution in [0.25, 0.3) is 0 Å². The Hall–Kier alpha value is -1.89. The zero-order valence-electron chi connectivity index (χ0n) is 10.5. The van der Waals surface area contributed by atoms with Crippen LogP contribution < -0.4 is 4.90 Å². The molecule has 8 heteroatoms. The first-order valence-electron chi connectivity index (χ1n) is 6.14. The number of carbonyl (C=O) groups excluding carboxylic acids is 1. The lowest BCUT2D eigenvalue weighted by Crippen LogP contribution is -2.39. The molecule has 0 bridgehead atoms. The molecule has 0 aliphatic carbocycles. The van der Waals surface area contributed by atoms with Gasteiger partial charge in [0.1, 0.15) is 5.69 Å². The van der Waals surface area contributed by atoms with Gasteiger partial charge < -0.3 is 4.57 Å². The summed E-state index contributed by atoms with van der Waals surface area (Å²) in [6, 6.07) is 1.68. The van der Waals surface area contributed by atoms with E-state index in [1.807, 2.05) is 11.5 Å². The van der Waals surface area contributed by atoms with Crippen molar-refractivity contribution in [2.24, 2.45) is 0 Å². The molecule has 0 atom stereocenters. The zero-order valence-corrected chi connectivity index (χ0v) is 11.2. The fraction of sp³-hybridized carbons (Fsp3) is 0.455. The van der Waals surface area contributed by atoms with Gasteiger partial charge in [-0.05, 0) is 29.8 Å². The highest BCUT2D eigenvalue weighted by Gasteiger charge is 2.28. The summed E-state index contributed by atoms with van der Waals surface area (Å²) >= 11 is 5.97. The smallest absolute Gasteiger partial charge is 0.277 e. The van der Waals surface area contributed by atoms with E-state index in [4.69, 9.17) is 11.6 Å². The van der Waals surface area contributed by atoms with Crippen LogP contribution in [0.1, 0.15) is 23.8 Å². The molecule has 0 saturated heterocycles. The van der Waals surface area contributed by atoms with Crippen LogP contribution in [0.4, 0.5) is 5.95 Å². The summed E-state index contributed by atoms with van der Waals surface area (Å²) in [4.78, 5) is 14.2. The zero-order chi connectivity index (χ0) is 13.4. The molecule has 2 aromatic rings. The van der Waals surface area contributed by atoms with Gasteiger partial charge in [0.25, 0.3) is 11.9 Å². The average molecular weight is 281 g/mol. The molecule has 1 amide bonds. The first kappa shape index (κ1) is 12.2. The van der Waals surface area contributed by atoms with E-state index >= 15 is 0 Å². The molecule has 0 unspecified atom stereocenters. The second-order valence-electron chi connectivity index (χ2n) is 4.34. The topological polar surface area (TPSA) is 68.8 Å². The molecule has 0 aromatic carbocycles. The van der Waals surface area contributed by atoms with Crippen molar-refractivity contribution >= 4 is 23.5 Å². The van der Waals surface area contributed by atoms with E-state index in [0.29, 0.717) is 29.8 Å². The summed E-state index contributed by atoms with van der Waals surface area (Å²) in [5, 5.41) is 11.9. The Balaban J connectivity index is 1.97. The molecule has 0 spiro atoms. The third-order valence-electron chi connectivity index (χ3n) is 3.17. The van der Waals surface area contributed by atoms with Gasteiger partial charge in [-0.3, -0.25) is 9.69 Å². The number of tetrazole rings is 1. The molecular formula is C11H13ClN6O. The summed E-state index contributed by atoms with van der Waals surface area (Å²) in [6.45, 7) is 4.01. The Kier molecular flexibility index (Phi) is 2.98. The third kappa shape index (κ3) is 1.99. The number of halogens is 1. The SMILES string of the molecule is CCn1cc(Cl)cc1C(=O)N1CCCn2nnnc21. The lowest BCUT2D eigenvalue weighted by molar-refractivity contribution is 0.0971. The van der Waals surface area contributed by atoms with E-state index in [0.717, 1.165) is 13.0 Å². The van der Waals surface area contributed by atoms with Gasteiger partial charge in [0.05, 0.1) is 5.02 Å². The highest BCUT2D eigenvalue weighted by Crippen LogP contribution is 2.21. The molecular weight excluding hydrogens is 268 g/mol. The van der Waals surface area contributed by atoms with E-state index in [2.05, 4.69) is 15.5 Å². The number of carbonyl (C=O) groups is 1. The van der Waals surface area contributed by atoms with Crippen LogP contribution in [0.3, 0.4) is 0 Å². The van der Waals surface area contributed by atoms with Crippen LogP contribution >= 0.6 is 11.6 Å². The number of fused-ring (bicyclic) bond motifs is 1. The average Bonchev–Trinajstić information content (AvgIpc) is 3.03. The van der Waals surface area contributed by atoms with E-state index in [1.54, 1.807) is 21.8 Å². The maximum atomic E-state index is 12.6. The summed E-state index contributed by atoms with van der Waals surface area (Å²) in [5.41, 5.74) is 0.559. The minimum Gasteiger partial charge on any atom is -0.342 e. The molecule has 0 saturated carbocycles. The number of nitrogens with zero attached hydrogens (tertiary/aromatic N) is 6. The van der Waals surface area contributed by atoms with Crippen molar-refractivity contribution in [3.8, 4) is 0 Å². The number of rotatable bonds is 2. The summed E-state index contributed by atoms with van der Waals surface area (Å²) in [6.07, 6.45) is 2.59. The van der Waals surface area contributed by atoms with Gasteiger partial charge in [0, 0.05) is 25.8 Å². The number of anilines is 1. The molecule has 19 heavy (non-hydrogen) atoms. The standard InChI is InChI=1S/C11H13ClN6O/c1-2-16-7-8(12)6-9(16)10(19)17-4-3-5-18-11(17)13-14-15-18/h6-7H,2-5H2,1H3. The minimum absolute atomic E-state index is 0.121. The van der Waals surface area contributed by atoms with Crippen molar-refractivity contribution in [2.45, 2.75) is 26.4 Å². The van der Waals surface area contributed by atoms with E-state index in [9.17, 15) is 4.79 Å². The predicted molar refractivity (Wildman–Crippen MR) is 69.2 cm³/mol. The third-order valence-corrected chi connectivity index (χ3v) is 3.38. The number of hydrogen-bond acceptors (Lipinski definition) is 4. The van der Waals surface area contributed by atoms with Gasteiger partial charge in [0.15, 0.2) is 0 Å². The molecule has 3 rings (SSSR count). The van der Waals surface area contributed by atoms with Crippen LogP contribution in [-0.4, -0.2) is 37.2 Å². The van der Waals surface area contributed by atoms with Gasteiger partial charge in [-0.2, -0.15) is 0 Å². The molecule has 1 aliphatic heterocycles. The van der Waals surface area contributed by atoms with Crippen LogP contribution in [-0.2, 0) is 13.1 Å². The quantitative estimate of drug-likeness (QED) is 0.829. The van der Waals surface area contributed by atoms with Gasteiger partial charge in [-0.15, -0.1) is 0 Å². The minimum atomic E-state index is -0.121. The van der Waals surface area contributed by atoms with Crippen LogP contribution in [0.15, 0.2) is 12.3 Å². The maximum Gasteiger partial charge on any atom is 0.277 e. The second-order valence-corrected chi connectivity index (χ2v) is 4.78. The Morgan fingerprint density at radius 3 is 3.11 bits per heavy atom. The number of hydrogen-bond donors (Lipinski definition) is 0. The maximum absolute atomic E-state index is 12.6. The fourth-order valence-electron chi connectivity index (χ4n) is 2.26. The van der Waals surface area contributed by atoms with E-state index < -0.39 is 0 Å². The van der Waals surface area contributed by atoms with Gasteiger partial charge in [0.2, 0.25) is 0 Å². The summed E-state index contributed by atoms with van der Waals surface area (Å²) in [7, 11) is 0. The molecule has 0 fully saturated rings. The first-order valence-corrected chi connectivity index (χ1v) is 6.52.